The number of nitrogens with two attached hydrogens (primary N) is 1. The SMILES string of the molecule is CCN1Cc2cc(C)c(N)cc2C1. The first-order valence-electron chi connectivity index (χ1n) is 4.81. The van der Waals surface area contributed by atoms with Crippen molar-refractivity contribution in [2.45, 2.75) is 26.9 Å². The lowest BCUT2D eigenvalue weighted by Crippen LogP contribution is -2.14. The minimum absolute atomic E-state index is 0.928. The van der Waals surface area contributed by atoms with E-state index in [1.807, 2.05) is 0 Å². The molecular weight excluding hydrogens is 160 g/mol. The Bertz CT molecular complexity index is 300. The van der Waals surface area contributed by atoms with Crippen LogP contribution in [0.5, 0.6) is 0 Å². The predicted molar refractivity (Wildman–Crippen MR) is 55.4 cm³/mol. The molecule has 1 heterocycles. The fourth-order valence-corrected chi connectivity index (χ4v) is 1.89. The minimum Gasteiger partial charge on any atom is -0.399 e. The predicted octanol–water partition coefficient (Wildman–Crippen LogP) is 1.91. The summed E-state index contributed by atoms with van der Waals surface area (Å²) in [6, 6.07) is 4.35. The maximum atomic E-state index is 5.86. The average molecular weight is 176 g/mol. The summed E-state index contributed by atoms with van der Waals surface area (Å²) < 4.78 is 0. The number of benzene rings is 1. The van der Waals surface area contributed by atoms with Crippen LogP contribution in [0.15, 0.2) is 12.1 Å². The Morgan fingerprint density at radius 1 is 1.31 bits per heavy atom. The lowest BCUT2D eigenvalue weighted by Gasteiger charge is -2.09. The second-order valence-electron chi connectivity index (χ2n) is 3.78. The Hall–Kier alpha value is -1.02. The van der Waals surface area contributed by atoms with Crippen molar-refractivity contribution < 1.29 is 0 Å². The Balaban J connectivity index is 2.36. The Morgan fingerprint density at radius 3 is 2.54 bits per heavy atom. The molecule has 0 bridgehead atoms. The molecule has 1 aromatic rings. The number of rotatable bonds is 1. The van der Waals surface area contributed by atoms with Gasteiger partial charge in [-0.05, 0) is 36.2 Å². The zero-order valence-corrected chi connectivity index (χ0v) is 8.30. The van der Waals surface area contributed by atoms with Crippen LogP contribution in [-0.4, -0.2) is 11.4 Å². The third-order valence-electron chi connectivity index (χ3n) is 2.82. The number of anilines is 1. The van der Waals surface area contributed by atoms with Crippen LogP contribution in [0.2, 0.25) is 0 Å². The zero-order valence-electron chi connectivity index (χ0n) is 8.30. The van der Waals surface area contributed by atoms with Crippen LogP contribution < -0.4 is 5.73 Å². The number of hydrogen-bond donors (Lipinski definition) is 1. The van der Waals surface area contributed by atoms with Gasteiger partial charge in [-0.1, -0.05) is 13.0 Å². The van der Waals surface area contributed by atoms with Crippen LogP contribution in [0.25, 0.3) is 0 Å². The van der Waals surface area contributed by atoms with Crippen molar-refractivity contribution in [1.29, 1.82) is 0 Å². The van der Waals surface area contributed by atoms with E-state index in [0.29, 0.717) is 0 Å². The number of fused-ring (bicyclic) bond motifs is 1. The number of aryl methyl sites for hydroxylation is 1. The van der Waals surface area contributed by atoms with E-state index in [4.69, 9.17) is 5.73 Å². The molecule has 2 N–H and O–H groups in total. The molecule has 0 atom stereocenters. The van der Waals surface area contributed by atoms with E-state index in [2.05, 4.69) is 30.9 Å². The van der Waals surface area contributed by atoms with Gasteiger partial charge in [0.25, 0.3) is 0 Å². The standard InChI is InChI=1S/C11H16N2/c1-3-13-6-9-4-8(2)11(12)5-10(9)7-13/h4-5H,3,6-7,12H2,1-2H3. The molecule has 70 valence electrons. The molecule has 1 aliphatic heterocycles. The second-order valence-corrected chi connectivity index (χ2v) is 3.78. The highest BCUT2D eigenvalue weighted by Gasteiger charge is 2.17. The highest BCUT2D eigenvalue weighted by Crippen LogP contribution is 2.26. The van der Waals surface area contributed by atoms with E-state index < -0.39 is 0 Å². The first-order chi connectivity index (χ1) is 6.20. The molecule has 0 unspecified atom stereocenters. The maximum Gasteiger partial charge on any atom is 0.0347 e. The molecule has 2 heteroatoms. The lowest BCUT2D eigenvalue weighted by atomic mass is 10.1. The first kappa shape index (κ1) is 8.57. The summed E-state index contributed by atoms with van der Waals surface area (Å²) in [5.41, 5.74) is 10.9. The molecule has 0 saturated carbocycles. The van der Waals surface area contributed by atoms with Crippen LogP contribution in [0, 0.1) is 6.92 Å². The third kappa shape index (κ3) is 1.42. The van der Waals surface area contributed by atoms with E-state index in [0.717, 1.165) is 25.3 Å². The van der Waals surface area contributed by atoms with Gasteiger partial charge in [-0.25, -0.2) is 0 Å². The molecule has 0 amide bonds. The quantitative estimate of drug-likeness (QED) is 0.662. The third-order valence-corrected chi connectivity index (χ3v) is 2.82. The molecule has 0 aliphatic carbocycles. The molecule has 2 rings (SSSR count). The van der Waals surface area contributed by atoms with E-state index in [1.54, 1.807) is 0 Å². The smallest absolute Gasteiger partial charge is 0.0347 e. The van der Waals surface area contributed by atoms with Gasteiger partial charge in [0, 0.05) is 18.8 Å². The Morgan fingerprint density at radius 2 is 1.92 bits per heavy atom. The summed E-state index contributed by atoms with van der Waals surface area (Å²) in [5.74, 6) is 0. The second kappa shape index (κ2) is 3.04. The van der Waals surface area contributed by atoms with Gasteiger partial charge in [-0.15, -0.1) is 0 Å². The van der Waals surface area contributed by atoms with E-state index in [9.17, 15) is 0 Å². The van der Waals surface area contributed by atoms with E-state index >= 15 is 0 Å². The van der Waals surface area contributed by atoms with Gasteiger partial charge < -0.3 is 5.73 Å². The summed E-state index contributed by atoms with van der Waals surface area (Å²) in [5, 5.41) is 0. The molecule has 13 heavy (non-hydrogen) atoms. The largest absolute Gasteiger partial charge is 0.399 e. The monoisotopic (exact) mass is 176 g/mol. The first-order valence-corrected chi connectivity index (χ1v) is 4.81. The van der Waals surface area contributed by atoms with Crippen molar-refractivity contribution in [2.75, 3.05) is 12.3 Å². The highest BCUT2D eigenvalue weighted by molar-refractivity contribution is 5.52. The minimum atomic E-state index is 0.928. The lowest BCUT2D eigenvalue weighted by molar-refractivity contribution is 0.301. The summed E-state index contributed by atoms with van der Waals surface area (Å²) in [7, 11) is 0. The van der Waals surface area contributed by atoms with Gasteiger partial charge in [0.05, 0.1) is 0 Å². The van der Waals surface area contributed by atoms with E-state index in [1.165, 1.54) is 16.7 Å². The van der Waals surface area contributed by atoms with Gasteiger partial charge in [0.15, 0.2) is 0 Å². The van der Waals surface area contributed by atoms with Crippen molar-refractivity contribution in [2.24, 2.45) is 0 Å². The molecule has 1 aromatic carbocycles. The van der Waals surface area contributed by atoms with Crippen LogP contribution >= 0.6 is 0 Å². The van der Waals surface area contributed by atoms with E-state index in [-0.39, 0.29) is 0 Å². The Labute approximate surface area is 79.4 Å². The van der Waals surface area contributed by atoms with Gasteiger partial charge in [-0.3, -0.25) is 4.90 Å². The van der Waals surface area contributed by atoms with Crippen LogP contribution in [0.4, 0.5) is 5.69 Å². The molecule has 2 nitrogen and oxygen atoms in total. The van der Waals surface area contributed by atoms with Crippen molar-refractivity contribution >= 4 is 5.69 Å². The topological polar surface area (TPSA) is 29.3 Å². The fraction of sp³-hybridized carbons (Fsp3) is 0.455. The zero-order chi connectivity index (χ0) is 9.42. The molecule has 0 aromatic heterocycles. The number of nitrogens with zero attached hydrogens (tertiary/aromatic N) is 1. The fourth-order valence-electron chi connectivity index (χ4n) is 1.89. The molecule has 0 saturated heterocycles. The van der Waals surface area contributed by atoms with Crippen LogP contribution in [0.1, 0.15) is 23.6 Å². The Kier molecular flexibility index (Phi) is 2.00. The molecular formula is C11H16N2. The van der Waals surface area contributed by atoms with Crippen molar-refractivity contribution in [3.8, 4) is 0 Å². The average Bonchev–Trinajstić information content (AvgIpc) is 2.48. The normalized spacial score (nSPS) is 16.2. The highest BCUT2D eigenvalue weighted by atomic mass is 15.1. The summed E-state index contributed by atoms with van der Waals surface area (Å²) in [4.78, 5) is 2.42. The van der Waals surface area contributed by atoms with Gasteiger partial charge in [0.2, 0.25) is 0 Å². The van der Waals surface area contributed by atoms with Crippen LogP contribution in [0.3, 0.4) is 0 Å². The molecule has 0 fully saturated rings. The summed E-state index contributed by atoms with van der Waals surface area (Å²) in [6.07, 6.45) is 0. The van der Waals surface area contributed by atoms with Gasteiger partial charge >= 0.3 is 0 Å². The van der Waals surface area contributed by atoms with Crippen LogP contribution in [-0.2, 0) is 13.1 Å². The van der Waals surface area contributed by atoms with Gasteiger partial charge in [0.1, 0.15) is 0 Å². The number of hydrogen-bond acceptors (Lipinski definition) is 2. The molecule has 0 radical (unpaired) electrons. The van der Waals surface area contributed by atoms with Crippen molar-refractivity contribution in [1.82, 2.24) is 4.90 Å². The molecule has 0 spiro atoms. The van der Waals surface area contributed by atoms with Gasteiger partial charge in [-0.2, -0.15) is 0 Å². The summed E-state index contributed by atoms with van der Waals surface area (Å²) >= 11 is 0. The van der Waals surface area contributed by atoms with Crippen molar-refractivity contribution in [3.05, 3.63) is 28.8 Å². The maximum absolute atomic E-state index is 5.86. The molecule has 1 aliphatic rings. The number of nitrogen functional groups attached to an aromatic ring is 1. The summed E-state index contributed by atoms with van der Waals surface area (Å²) in [6.45, 7) is 7.54. The van der Waals surface area contributed by atoms with Crippen molar-refractivity contribution in [3.63, 3.8) is 0 Å².